The van der Waals surface area contributed by atoms with Gasteiger partial charge < -0.3 is 9.84 Å². The lowest BCUT2D eigenvalue weighted by Gasteiger charge is -2.34. The number of fused-ring (bicyclic) bond motifs is 1. The number of hydrogen-bond acceptors (Lipinski definition) is 2. The molecule has 0 saturated carbocycles. The maximum absolute atomic E-state index is 10.7. The van der Waals surface area contributed by atoms with Crippen molar-refractivity contribution in [1.82, 2.24) is 0 Å². The molecule has 0 fully saturated rings. The summed E-state index contributed by atoms with van der Waals surface area (Å²) in [6, 6.07) is 2.08. The number of hydrogen-bond donors (Lipinski definition) is 1. The summed E-state index contributed by atoms with van der Waals surface area (Å²) in [5.74, 6) is 1.24. The number of ether oxygens (including phenoxy) is 1. The number of benzene rings is 1. The molecule has 0 radical (unpaired) electrons. The van der Waals surface area contributed by atoms with Gasteiger partial charge in [-0.05, 0) is 78.5 Å². The van der Waals surface area contributed by atoms with E-state index in [-0.39, 0.29) is 5.60 Å². The van der Waals surface area contributed by atoms with Crippen LogP contribution in [0.3, 0.4) is 0 Å². The predicted molar refractivity (Wildman–Crippen MR) is 102 cm³/mol. The minimum absolute atomic E-state index is 0.320. The first-order valence-corrected chi connectivity index (χ1v) is 8.71. The molecular formula is C22H30O2. The van der Waals surface area contributed by atoms with Crippen LogP contribution < -0.4 is 4.74 Å². The van der Waals surface area contributed by atoms with Gasteiger partial charge in [-0.25, -0.2) is 0 Å². The second-order valence-corrected chi connectivity index (χ2v) is 7.50. The SMILES string of the molecule is CC(C)=C/C=C/[C@]1(C)CCc2c(cc(C)c(CC=C(C)C)c2O)O1. The molecule has 0 bridgehead atoms. The Balaban J connectivity index is 2.32. The van der Waals surface area contributed by atoms with Crippen molar-refractivity contribution in [3.05, 3.63) is 58.2 Å². The number of phenols is 1. The maximum atomic E-state index is 10.7. The summed E-state index contributed by atoms with van der Waals surface area (Å²) in [5.41, 5.74) is 5.26. The van der Waals surface area contributed by atoms with E-state index in [1.54, 1.807) is 0 Å². The highest BCUT2D eigenvalue weighted by Crippen LogP contribution is 2.42. The molecule has 2 rings (SSSR count). The van der Waals surface area contributed by atoms with E-state index in [2.05, 4.69) is 65.0 Å². The summed E-state index contributed by atoms with van der Waals surface area (Å²) in [5, 5.41) is 10.7. The van der Waals surface area contributed by atoms with Crippen molar-refractivity contribution in [2.24, 2.45) is 0 Å². The number of aryl methyl sites for hydroxylation is 1. The third kappa shape index (κ3) is 4.31. The zero-order valence-corrected chi connectivity index (χ0v) is 15.9. The van der Waals surface area contributed by atoms with Gasteiger partial charge in [-0.3, -0.25) is 0 Å². The minimum atomic E-state index is -0.320. The molecule has 2 nitrogen and oxygen atoms in total. The molecule has 1 N–H and O–H groups in total. The molecule has 1 aliphatic heterocycles. The summed E-state index contributed by atoms with van der Waals surface area (Å²) in [7, 11) is 0. The van der Waals surface area contributed by atoms with Crippen molar-refractivity contribution in [3.8, 4) is 11.5 Å². The highest BCUT2D eigenvalue weighted by molar-refractivity contribution is 5.55. The summed E-state index contributed by atoms with van der Waals surface area (Å²) in [6.07, 6.45) is 10.9. The smallest absolute Gasteiger partial charge is 0.127 e. The second-order valence-electron chi connectivity index (χ2n) is 7.50. The van der Waals surface area contributed by atoms with Crippen LogP contribution in [0.2, 0.25) is 0 Å². The van der Waals surface area contributed by atoms with E-state index in [4.69, 9.17) is 4.74 Å². The molecule has 2 heteroatoms. The first-order chi connectivity index (χ1) is 11.2. The Kier molecular flexibility index (Phi) is 5.58. The van der Waals surface area contributed by atoms with E-state index in [0.717, 1.165) is 41.7 Å². The van der Waals surface area contributed by atoms with Crippen LogP contribution in [0.25, 0.3) is 0 Å². The summed E-state index contributed by atoms with van der Waals surface area (Å²) in [6.45, 7) is 12.5. The minimum Gasteiger partial charge on any atom is -0.507 e. The van der Waals surface area contributed by atoms with Gasteiger partial charge in [0.15, 0.2) is 0 Å². The van der Waals surface area contributed by atoms with Crippen LogP contribution in [0.1, 0.15) is 57.7 Å². The summed E-state index contributed by atoms with van der Waals surface area (Å²) >= 11 is 0. The largest absolute Gasteiger partial charge is 0.507 e. The Morgan fingerprint density at radius 1 is 1.25 bits per heavy atom. The van der Waals surface area contributed by atoms with E-state index < -0.39 is 0 Å². The van der Waals surface area contributed by atoms with Gasteiger partial charge in [0.2, 0.25) is 0 Å². The molecule has 24 heavy (non-hydrogen) atoms. The number of phenolic OH excluding ortho intramolecular Hbond substituents is 1. The molecular weight excluding hydrogens is 296 g/mol. The normalized spacial score (nSPS) is 19.6. The maximum Gasteiger partial charge on any atom is 0.127 e. The van der Waals surface area contributed by atoms with Crippen LogP contribution in [-0.4, -0.2) is 10.7 Å². The highest BCUT2D eigenvalue weighted by atomic mass is 16.5. The molecule has 0 aromatic heterocycles. The third-order valence-electron chi connectivity index (χ3n) is 4.50. The molecule has 0 unspecified atom stereocenters. The van der Waals surface area contributed by atoms with E-state index in [1.807, 2.05) is 6.92 Å². The van der Waals surface area contributed by atoms with Crippen LogP contribution in [-0.2, 0) is 12.8 Å². The Morgan fingerprint density at radius 3 is 2.58 bits per heavy atom. The van der Waals surface area contributed by atoms with Crippen molar-refractivity contribution >= 4 is 0 Å². The lowest BCUT2D eigenvalue weighted by Crippen LogP contribution is -2.34. The van der Waals surface area contributed by atoms with Crippen molar-refractivity contribution < 1.29 is 9.84 Å². The fourth-order valence-electron chi connectivity index (χ4n) is 2.99. The lowest BCUT2D eigenvalue weighted by atomic mass is 9.88. The Morgan fingerprint density at radius 2 is 1.96 bits per heavy atom. The first-order valence-electron chi connectivity index (χ1n) is 8.71. The monoisotopic (exact) mass is 326 g/mol. The molecule has 1 aliphatic rings. The van der Waals surface area contributed by atoms with Crippen LogP contribution >= 0.6 is 0 Å². The van der Waals surface area contributed by atoms with E-state index in [0.29, 0.717) is 5.75 Å². The molecule has 1 aromatic carbocycles. The van der Waals surface area contributed by atoms with Crippen molar-refractivity contribution in [1.29, 1.82) is 0 Å². The number of aromatic hydroxyl groups is 1. The molecule has 130 valence electrons. The molecule has 0 aliphatic carbocycles. The number of allylic oxidation sites excluding steroid dienone is 5. The zero-order chi connectivity index (χ0) is 17.9. The molecule has 0 spiro atoms. The summed E-state index contributed by atoms with van der Waals surface area (Å²) in [4.78, 5) is 0. The Labute approximate surface area is 146 Å². The average molecular weight is 326 g/mol. The van der Waals surface area contributed by atoms with Gasteiger partial charge in [0.1, 0.15) is 17.1 Å². The third-order valence-corrected chi connectivity index (χ3v) is 4.50. The van der Waals surface area contributed by atoms with Gasteiger partial charge in [-0.1, -0.05) is 29.4 Å². The number of rotatable bonds is 4. The zero-order valence-electron chi connectivity index (χ0n) is 15.9. The lowest BCUT2D eigenvalue weighted by molar-refractivity contribution is 0.113. The van der Waals surface area contributed by atoms with Gasteiger partial charge in [-0.2, -0.15) is 0 Å². The van der Waals surface area contributed by atoms with Gasteiger partial charge in [-0.15, -0.1) is 0 Å². The second kappa shape index (κ2) is 7.29. The van der Waals surface area contributed by atoms with Crippen molar-refractivity contribution in [3.63, 3.8) is 0 Å². The fourth-order valence-corrected chi connectivity index (χ4v) is 2.99. The van der Waals surface area contributed by atoms with Crippen LogP contribution in [0.5, 0.6) is 11.5 Å². The highest BCUT2D eigenvalue weighted by Gasteiger charge is 2.31. The van der Waals surface area contributed by atoms with Crippen molar-refractivity contribution in [2.75, 3.05) is 0 Å². The molecule has 1 heterocycles. The quantitative estimate of drug-likeness (QED) is 0.558. The molecule has 0 saturated heterocycles. The molecule has 1 aromatic rings. The van der Waals surface area contributed by atoms with Gasteiger partial charge in [0.25, 0.3) is 0 Å². The fraction of sp³-hybridized carbons (Fsp3) is 0.455. The van der Waals surface area contributed by atoms with Gasteiger partial charge in [0, 0.05) is 11.1 Å². The van der Waals surface area contributed by atoms with E-state index in [1.165, 1.54) is 11.1 Å². The summed E-state index contributed by atoms with van der Waals surface area (Å²) < 4.78 is 6.25. The molecule has 0 amide bonds. The van der Waals surface area contributed by atoms with Crippen molar-refractivity contribution in [2.45, 2.75) is 66.4 Å². The standard InChI is InChI=1S/C22H30O2/c1-15(2)8-7-12-22(6)13-11-19-20(24-22)14-17(5)18(21(19)23)10-9-16(3)4/h7-9,12,14,23H,10-11,13H2,1-6H3/b12-7+/t22-/m1/s1. The van der Waals surface area contributed by atoms with Gasteiger partial charge in [0.05, 0.1) is 0 Å². The van der Waals surface area contributed by atoms with Gasteiger partial charge >= 0.3 is 0 Å². The topological polar surface area (TPSA) is 29.5 Å². The van der Waals surface area contributed by atoms with Crippen LogP contribution in [0.15, 0.2) is 41.5 Å². The van der Waals surface area contributed by atoms with Crippen LogP contribution in [0, 0.1) is 6.92 Å². The predicted octanol–water partition coefficient (Wildman–Crippen LogP) is 5.82. The molecule has 1 atom stereocenters. The first kappa shape index (κ1) is 18.4. The average Bonchev–Trinajstić information content (AvgIpc) is 2.45. The van der Waals surface area contributed by atoms with E-state index in [9.17, 15) is 5.11 Å². The van der Waals surface area contributed by atoms with Crippen LogP contribution in [0.4, 0.5) is 0 Å². The van der Waals surface area contributed by atoms with E-state index >= 15 is 0 Å². The Bertz CT molecular complexity index is 699. The Hall–Kier alpha value is -1.96.